The number of fused-ring (bicyclic) bond motifs is 2. The molecule has 2 heterocycles. The van der Waals surface area contributed by atoms with E-state index >= 15 is 0 Å². The fourth-order valence-electron chi connectivity index (χ4n) is 4.74. The van der Waals surface area contributed by atoms with Crippen LogP contribution in [0.5, 0.6) is 0 Å². The summed E-state index contributed by atoms with van der Waals surface area (Å²) in [5, 5.41) is 7.54. The highest BCUT2D eigenvalue weighted by molar-refractivity contribution is 6.34. The SMILES string of the molecule is O=C(Nc1cccc(N2C(=O)c3ccccc3C2=O)c1)c1nn(-c2ccccc2)c2c1CCC2. The number of imide groups is 1. The summed E-state index contributed by atoms with van der Waals surface area (Å²) in [4.78, 5) is 40.0. The molecule has 0 unspecified atom stereocenters. The largest absolute Gasteiger partial charge is 0.321 e. The third kappa shape index (κ3) is 3.13. The van der Waals surface area contributed by atoms with E-state index < -0.39 is 0 Å². The Hall–Kier alpha value is -4.52. The van der Waals surface area contributed by atoms with Crippen molar-refractivity contribution in [3.05, 3.63) is 107 Å². The predicted molar refractivity (Wildman–Crippen MR) is 128 cm³/mol. The Labute approximate surface area is 195 Å². The Balaban J connectivity index is 1.29. The zero-order valence-corrected chi connectivity index (χ0v) is 18.2. The molecule has 7 nitrogen and oxygen atoms in total. The molecule has 1 aromatic heterocycles. The molecule has 0 saturated carbocycles. The third-order valence-corrected chi connectivity index (χ3v) is 6.30. The molecule has 0 saturated heterocycles. The monoisotopic (exact) mass is 448 g/mol. The van der Waals surface area contributed by atoms with Crippen LogP contribution in [-0.2, 0) is 12.8 Å². The van der Waals surface area contributed by atoms with Crippen LogP contribution in [0, 0.1) is 0 Å². The highest BCUT2D eigenvalue weighted by Gasteiger charge is 2.36. The molecule has 3 amide bonds. The molecule has 7 heteroatoms. The standard InChI is InChI=1S/C27H20N4O3/c32-25(24-22-14-7-15-23(22)31(29-24)18-9-2-1-3-10-18)28-17-8-6-11-19(16-17)30-26(33)20-12-4-5-13-21(20)27(30)34/h1-6,8-13,16H,7,14-15H2,(H,28,32). The molecule has 1 aliphatic carbocycles. The van der Waals surface area contributed by atoms with Gasteiger partial charge in [-0.05, 0) is 61.7 Å². The van der Waals surface area contributed by atoms with Crippen LogP contribution < -0.4 is 10.2 Å². The first kappa shape index (κ1) is 20.1. The second-order valence-corrected chi connectivity index (χ2v) is 8.37. The van der Waals surface area contributed by atoms with Gasteiger partial charge in [-0.15, -0.1) is 0 Å². The van der Waals surface area contributed by atoms with Crippen molar-refractivity contribution in [2.24, 2.45) is 0 Å². The average molecular weight is 448 g/mol. The summed E-state index contributed by atoms with van der Waals surface area (Å²) in [6.45, 7) is 0. The molecular weight excluding hydrogens is 428 g/mol. The average Bonchev–Trinajstić information content (AvgIpc) is 3.54. The summed E-state index contributed by atoms with van der Waals surface area (Å²) in [7, 11) is 0. The van der Waals surface area contributed by atoms with Gasteiger partial charge in [0, 0.05) is 16.9 Å². The maximum absolute atomic E-state index is 13.2. The van der Waals surface area contributed by atoms with E-state index in [-0.39, 0.29) is 17.7 Å². The molecule has 166 valence electrons. The fourth-order valence-corrected chi connectivity index (χ4v) is 4.74. The lowest BCUT2D eigenvalue weighted by atomic mass is 10.1. The Morgan fingerprint density at radius 1 is 0.794 bits per heavy atom. The summed E-state index contributed by atoms with van der Waals surface area (Å²) in [6, 6.07) is 23.3. The van der Waals surface area contributed by atoms with E-state index in [0.29, 0.717) is 28.2 Å². The van der Waals surface area contributed by atoms with Gasteiger partial charge in [0.05, 0.1) is 22.5 Å². The van der Waals surface area contributed by atoms with Crippen LogP contribution in [0.15, 0.2) is 78.9 Å². The zero-order valence-electron chi connectivity index (χ0n) is 18.2. The van der Waals surface area contributed by atoms with Crippen molar-refractivity contribution in [1.29, 1.82) is 0 Å². The van der Waals surface area contributed by atoms with Gasteiger partial charge in [-0.2, -0.15) is 5.10 Å². The lowest BCUT2D eigenvalue weighted by Gasteiger charge is -2.15. The molecule has 0 fully saturated rings. The van der Waals surface area contributed by atoms with Crippen molar-refractivity contribution in [2.45, 2.75) is 19.3 Å². The van der Waals surface area contributed by atoms with Gasteiger partial charge in [-0.3, -0.25) is 14.4 Å². The maximum Gasteiger partial charge on any atom is 0.276 e. The van der Waals surface area contributed by atoms with E-state index in [2.05, 4.69) is 10.4 Å². The van der Waals surface area contributed by atoms with Gasteiger partial charge in [-0.25, -0.2) is 9.58 Å². The van der Waals surface area contributed by atoms with Gasteiger partial charge in [0.1, 0.15) is 0 Å². The minimum atomic E-state index is -0.372. The summed E-state index contributed by atoms with van der Waals surface area (Å²) in [5.41, 5.74) is 5.01. The normalized spacial score (nSPS) is 14.3. The maximum atomic E-state index is 13.2. The van der Waals surface area contributed by atoms with Crippen LogP contribution >= 0.6 is 0 Å². The first-order valence-corrected chi connectivity index (χ1v) is 11.2. The van der Waals surface area contributed by atoms with Gasteiger partial charge in [0.15, 0.2) is 5.69 Å². The van der Waals surface area contributed by atoms with Gasteiger partial charge in [-0.1, -0.05) is 36.4 Å². The molecule has 1 aliphatic heterocycles. The second kappa shape index (κ2) is 7.81. The van der Waals surface area contributed by atoms with Crippen molar-refractivity contribution < 1.29 is 14.4 Å². The van der Waals surface area contributed by atoms with Gasteiger partial charge in [0.25, 0.3) is 17.7 Å². The minimum Gasteiger partial charge on any atom is -0.321 e. The predicted octanol–water partition coefficient (Wildman–Crippen LogP) is 4.41. The van der Waals surface area contributed by atoms with Crippen LogP contribution in [0.1, 0.15) is 48.9 Å². The lowest BCUT2D eigenvalue weighted by molar-refractivity contribution is 0.0925. The first-order chi connectivity index (χ1) is 16.6. The van der Waals surface area contributed by atoms with Crippen molar-refractivity contribution in [3.8, 4) is 5.69 Å². The summed E-state index contributed by atoms with van der Waals surface area (Å²) in [5.74, 6) is -1.06. The number of carbonyl (C=O) groups is 3. The van der Waals surface area contributed by atoms with Crippen LogP contribution in [0.2, 0.25) is 0 Å². The number of hydrogen-bond acceptors (Lipinski definition) is 4. The zero-order chi connectivity index (χ0) is 23.2. The topological polar surface area (TPSA) is 84.3 Å². The second-order valence-electron chi connectivity index (χ2n) is 8.37. The van der Waals surface area contributed by atoms with Crippen molar-refractivity contribution >= 4 is 29.1 Å². The van der Waals surface area contributed by atoms with E-state index in [0.717, 1.165) is 41.1 Å². The Kier molecular flexibility index (Phi) is 4.62. The van der Waals surface area contributed by atoms with Crippen molar-refractivity contribution in [1.82, 2.24) is 9.78 Å². The van der Waals surface area contributed by atoms with Crippen molar-refractivity contribution in [3.63, 3.8) is 0 Å². The number of carbonyl (C=O) groups excluding carboxylic acids is 3. The van der Waals surface area contributed by atoms with E-state index in [1.54, 1.807) is 48.5 Å². The number of anilines is 2. The number of amides is 3. The molecule has 0 atom stereocenters. The van der Waals surface area contributed by atoms with Crippen molar-refractivity contribution in [2.75, 3.05) is 10.2 Å². The molecule has 0 radical (unpaired) electrons. The van der Waals surface area contributed by atoms with Crippen LogP contribution in [0.4, 0.5) is 11.4 Å². The van der Waals surface area contributed by atoms with Crippen LogP contribution in [0.3, 0.4) is 0 Å². The number of para-hydroxylation sites is 1. The lowest BCUT2D eigenvalue weighted by Crippen LogP contribution is -2.29. The highest BCUT2D eigenvalue weighted by Crippen LogP contribution is 2.31. The van der Waals surface area contributed by atoms with E-state index in [4.69, 9.17) is 0 Å². The number of nitrogens with zero attached hydrogens (tertiary/aromatic N) is 3. The number of hydrogen-bond donors (Lipinski definition) is 1. The van der Waals surface area contributed by atoms with Gasteiger partial charge < -0.3 is 5.32 Å². The molecule has 4 aromatic rings. The van der Waals surface area contributed by atoms with Crippen LogP contribution in [0.25, 0.3) is 5.69 Å². The molecule has 0 spiro atoms. The smallest absolute Gasteiger partial charge is 0.276 e. The van der Waals surface area contributed by atoms with Crippen LogP contribution in [-0.4, -0.2) is 27.5 Å². The molecular formula is C27H20N4O3. The Bertz CT molecular complexity index is 1440. The Morgan fingerprint density at radius 2 is 1.47 bits per heavy atom. The van der Waals surface area contributed by atoms with E-state index in [9.17, 15) is 14.4 Å². The summed E-state index contributed by atoms with van der Waals surface area (Å²) < 4.78 is 1.85. The molecule has 1 N–H and O–H groups in total. The number of rotatable bonds is 4. The molecule has 0 bridgehead atoms. The van der Waals surface area contributed by atoms with E-state index in [1.165, 1.54) is 0 Å². The number of benzene rings is 3. The number of nitrogens with one attached hydrogen (secondary N) is 1. The molecule has 34 heavy (non-hydrogen) atoms. The third-order valence-electron chi connectivity index (χ3n) is 6.30. The first-order valence-electron chi connectivity index (χ1n) is 11.2. The molecule has 2 aliphatic rings. The fraction of sp³-hybridized carbons (Fsp3) is 0.111. The summed E-state index contributed by atoms with van der Waals surface area (Å²) >= 11 is 0. The molecule has 6 rings (SSSR count). The highest BCUT2D eigenvalue weighted by atomic mass is 16.2. The quantitative estimate of drug-likeness (QED) is 0.469. The van der Waals surface area contributed by atoms with Gasteiger partial charge in [0.2, 0.25) is 0 Å². The van der Waals surface area contributed by atoms with E-state index in [1.807, 2.05) is 35.0 Å². The summed E-state index contributed by atoms with van der Waals surface area (Å²) in [6.07, 6.45) is 2.66. The molecule has 3 aromatic carbocycles. The van der Waals surface area contributed by atoms with Gasteiger partial charge >= 0.3 is 0 Å². The Morgan fingerprint density at radius 3 is 2.21 bits per heavy atom. The minimum absolute atomic E-state index is 0.313. The number of aromatic nitrogens is 2.